The summed E-state index contributed by atoms with van der Waals surface area (Å²) in [5, 5.41) is 3.22. The van der Waals surface area contributed by atoms with Gasteiger partial charge in [-0.2, -0.15) is 0 Å². The molecule has 0 aliphatic heterocycles. The molecular formula is C17H21NO2. The third-order valence-electron chi connectivity index (χ3n) is 3.23. The summed E-state index contributed by atoms with van der Waals surface area (Å²) < 4.78 is 11.3. The zero-order valence-electron chi connectivity index (χ0n) is 12.0. The van der Waals surface area contributed by atoms with Crippen LogP contribution in [0.2, 0.25) is 0 Å². The Balaban J connectivity index is 1.85. The summed E-state index contributed by atoms with van der Waals surface area (Å²) >= 11 is 0. The minimum Gasteiger partial charge on any atom is -0.467 e. The van der Waals surface area contributed by atoms with Crippen LogP contribution in [0, 0.1) is 0 Å². The molecule has 0 heterocycles. The Labute approximate surface area is 120 Å². The molecule has 1 unspecified atom stereocenters. The second-order valence-electron chi connectivity index (χ2n) is 4.64. The molecule has 3 nitrogen and oxygen atoms in total. The molecule has 2 aromatic rings. The van der Waals surface area contributed by atoms with E-state index in [-0.39, 0.29) is 12.8 Å². The fourth-order valence-electron chi connectivity index (χ4n) is 1.96. The van der Waals surface area contributed by atoms with Crippen LogP contribution in [0.4, 0.5) is 0 Å². The monoisotopic (exact) mass is 271 g/mol. The molecule has 0 radical (unpaired) electrons. The second-order valence-corrected chi connectivity index (χ2v) is 4.64. The van der Waals surface area contributed by atoms with Gasteiger partial charge in [-0.3, -0.25) is 0 Å². The molecule has 20 heavy (non-hydrogen) atoms. The molecule has 0 aromatic heterocycles. The van der Waals surface area contributed by atoms with Crippen LogP contribution in [0.3, 0.4) is 0 Å². The van der Waals surface area contributed by atoms with Gasteiger partial charge in [-0.15, -0.1) is 0 Å². The van der Waals surface area contributed by atoms with Gasteiger partial charge in [-0.25, -0.2) is 0 Å². The molecule has 2 aromatic carbocycles. The lowest BCUT2D eigenvalue weighted by Crippen LogP contribution is -2.14. The van der Waals surface area contributed by atoms with E-state index in [9.17, 15) is 0 Å². The van der Waals surface area contributed by atoms with Gasteiger partial charge >= 0.3 is 0 Å². The van der Waals surface area contributed by atoms with Gasteiger partial charge in [-0.1, -0.05) is 48.5 Å². The Morgan fingerprint density at radius 1 is 1.00 bits per heavy atom. The van der Waals surface area contributed by atoms with E-state index < -0.39 is 0 Å². The first-order chi connectivity index (χ1) is 9.81. The molecule has 0 saturated carbocycles. The van der Waals surface area contributed by atoms with Crippen molar-refractivity contribution in [1.29, 1.82) is 0 Å². The van der Waals surface area contributed by atoms with E-state index in [0.717, 1.165) is 16.9 Å². The molecule has 0 bridgehead atoms. The number of nitrogens with one attached hydrogen (secondary N) is 1. The minimum atomic E-state index is 0.250. The summed E-state index contributed by atoms with van der Waals surface area (Å²) in [4.78, 5) is 0. The summed E-state index contributed by atoms with van der Waals surface area (Å²) in [5.74, 6) is 0.863. The van der Waals surface area contributed by atoms with Crippen molar-refractivity contribution >= 4 is 0 Å². The molecule has 3 heteroatoms. The molecule has 106 valence electrons. The summed E-state index contributed by atoms with van der Waals surface area (Å²) in [7, 11) is 1.94. The summed E-state index contributed by atoms with van der Waals surface area (Å²) in [6.07, 6.45) is 0. The smallest absolute Gasteiger partial charge is 0.189 e. The van der Waals surface area contributed by atoms with E-state index in [1.54, 1.807) is 0 Å². The van der Waals surface area contributed by atoms with Crippen LogP contribution in [-0.4, -0.2) is 13.8 Å². The van der Waals surface area contributed by atoms with E-state index in [1.165, 1.54) is 0 Å². The molecule has 2 rings (SSSR count). The highest BCUT2D eigenvalue weighted by Gasteiger charge is 2.08. The quantitative estimate of drug-likeness (QED) is 0.617. The van der Waals surface area contributed by atoms with Crippen molar-refractivity contribution in [3.8, 4) is 5.75 Å². The van der Waals surface area contributed by atoms with Gasteiger partial charge in [0, 0.05) is 11.6 Å². The summed E-state index contributed by atoms with van der Waals surface area (Å²) in [6, 6.07) is 18.3. The van der Waals surface area contributed by atoms with Crippen molar-refractivity contribution < 1.29 is 9.47 Å². The number of rotatable bonds is 7. The molecule has 1 N–H and O–H groups in total. The lowest BCUT2D eigenvalue weighted by molar-refractivity contribution is 0.00434. The average Bonchev–Trinajstić information content (AvgIpc) is 2.52. The number of benzene rings is 2. The van der Waals surface area contributed by atoms with Crippen LogP contribution in [0.5, 0.6) is 5.75 Å². The summed E-state index contributed by atoms with van der Waals surface area (Å²) in [5.41, 5.74) is 2.28. The van der Waals surface area contributed by atoms with Crippen LogP contribution in [0.1, 0.15) is 24.1 Å². The first-order valence-electron chi connectivity index (χ1n) is 6.82. The van der Waals surface area contributed by atoms with Crippen LogP contribution in [0.15, 0.2) is 54.6 Å². The normalized spacial score (nSPS) is 12.1. The van der Waals surface area contributed by atoms with E-state index in [4.69, 9.17) is 9.47 Å². The standard InChI is InChI=1S/C17H21NO2/c1-14(18-2)16-10-6-7-11-17(16)20-13-19-12-15-8-4-3-5-9-15/h3-11,14,18H,12-13H2,1-2H3. The van der Waals surface area contributed by atoms with E-state index in [0.29, 0.717) is 6.61 Å². The van der Waals surface area contributed by atoms with Crippen molar-refractivity contribution in [3.63, 3.8) is 0 Å². The highest BCUT2D eigenvalue weighted by Crippen LogP contribution is 2.24. The summed E-state index contributed by atoms with van der Waals surface area (Å²) in [6.45, 7) is 2.92. The van der Waals surface area contributed by atoms with E-state index in [2.05, 4.69) is 18.3 Å². The Hall–Kier alpha value is -1.84. The molecule has 0 saturated heterocycles. The van der Waals surface area contributed by atoms with Gasteiger partial charge in [0.25, 0.3) is 0 Å². The van der Waals surface area contributed by atoms with Crippen LogP contribution < -0.4 is 10.1 Å². The lowest BCUT2D eigenvalue weighted by atomic mass is 10.1. The predicted molar refractivity (Wildman–Crippen MR) is 80.6 cm³/mol. The SMILES string of the molecule is CNC(C)c1ccccc1OCOCc1ccccc1. The van der Waals surface area contributed by atoms with Crippen molar-refractivity contribution in [2.24, 2.45) is 0 Å². The number of ether oxygens (including phenoxy) is 2. The van der Waals surface area contributed by atoms with Crippen molar-refractivity contribution in [2.45, 2.75) is 19.6 Å². The second kappa shape index (κ2) is 7.68. The van der Waals surface area contributed by atoms with Gasteiger partial charge in [0.2, 0.25) is 0 Å². The maximum Gasteiger partial charge on any atom is 0.189 e. The minimum absolute atomic E-state index is 0.250. The van der Waals surface area contributed by atoms with Crippen molar-refractivity contribution in [2.75, 3.05) is 13.8 Å². The first-order valence-corrected chi connectivity index (χ1v) is 6.82. The molecule has 0 aliphatic rings. The van der Waals surface area contributed by atoms with Crippen molar-refractivity contribution in [1.82, 2.24) is 5.32 Å². The number of hydrogen-bond donors (Lipinski definition) is 1. The molecular weight excluding hydrogens is 250 g/mol. The zero-order chi connectivity index (χ0) is 14.2. The van der Waals surface area contributed by atoms with Crippen molar-refractivity contribution in [3.05, 3.63) is 65.7 Å². The van der Waals surface area contributed by atoms with E-state index in [1.807, 2.05) is 55.6 Å². The van der Waals surface area contributed by atoms with Gasteiger partial charge in [-0.05, 0) is 25.6 Å². The molecule has 0 aliphatic carbocycles. The Morgan fingerprint density at radius 2 is 1.70 bits per heavy atom. The van der Waals surface area contributed by atoms with E-state index >= 15 is 0 Å². The van der Waals surface area contributed by atoms with Gasteiger partial charge in [0.1, 0.15) is 5.75 Å². The fourth-order valence-corrected chi connectivity index (χ4v) is 1.96. The highest BCUT2D eigenvalue weighted by molar-refractivity contribution is 5.35. The molecule has 0 amide bonds. The van der Waals surface area contributed by atoms with Crippen LogP contribution in [-0.2, 0) is 11.3 Å². The first kappa shape index (κ1) is 14.6. The van der Waals surface area contributed by atoms with Crippen LogP contribution in [0.25, 0.3) is 0 Å². The Kier molecular flexibility index (Phi) is 5.59. The topological polar surface area (TPSA) is 30.5 Å². The third kappa shape index (κ3) is 4.08. The molecule has 0 fully saturated rings. The lowest BCUT2D eigenvalue weighted by Gasteiger charge is -2.16. The largest absolute Gasteiger partial charge is 0.467 e. The van der Waals surface area contributed by atoms with Gasteiger partial charge in [0.05, 0.1) is 6.61 Å². The fraction of sp³-hybridized carbons (Fsp3) is 0.294. The predicted octanol–water partition coefficient (Wildman–Crippen LogP) is 3.52. The Bertz CT molecular complexity index is 513. The third-order valence-corrected chi connectivity index (χ3v) is 3.23. The van der Waals surface area contributed by atoms with Crippen LogP contribution >= 0.6 is 0 Å². The van der Waals surface area contributed by atoms with Gasteiger partial charge < -0.3 is 14.8 Å². The zero-order valence-corrected chi connectivity index (χ0v) is 12.0. The number of para-hydroxylation sites is 1. The highest BCUT2D eigenvalue weighted by atomic mass is 16.7. The average molecular weight is 271 g/mol. The molecule has 0 spiro atoms. The molecule has 1 atom stereocenters. The maximum absolute atomic E-state index is 5.72. The number of hydrogen-bond acceptors (Lipinski definition) is 3. The van der Waals surface area contributed by atoms with Gasteiger partial charge in [0.15, 0.2) is 6.79 Å². The Morgan fingerprint density at radius 3 is 2.45 bits per heavy atom. The maximum atomic E-state index is 5.72.